The Morgan fingerprint density at radius 3 is 2.77 bits per heavy atom. The summed E-state index contributed by atoms with van der Waals surface area (Å²) in [6.07, 6.45) is 4.82. The van der Waals surface area contributed by atoms with Crippen molar-refractivity contribution in [1.29, 1.82) is 0 Å². The van der Waals surface area contributed by atoms with Crippen LogP contribution < -0.4 is 5.32 Å². The molecule has 1 amide bonds. The number of nitrogens with one attached hydrogen (secondary N) is 1. The van der Waals surface area contributed by atoms with E-state index < -0.39 is 0 Å². The summed E-state index contributed by atoms with van der Waals surface area (Å²) in [6.45, 7) is 1.97. The number of rotatable bonds is 4. The highest BCUT2D eigenvalue weighted by Gasteiger charge is 2.13. The van der Waals surface area contributed by atoms with E-state index in [2.05, 4.69) is 25.3 Å². The molecule has 0 unspecified atom stereocenters. The number of anilines is 1. The zero-order chi connectivity index (χ0) is 17.9. The van der Waals surface area contributed by atoms with Crippen LogP contribution in [-0.4, -0.2) is 25.8 Å². The Labute approximate surface area is 157 Å². The molecule has 0 aliphatic rings. The van der Waals surface area contributed by atoms with Gasteiger partial charge < -0.3 is 5.32 Å². The molecule has 0 saturated heterocycles. The Balaban J connectivity index is 1.53. The van der Waals surface area contributed by atoms with Gasteiger partial charge in [0.2, 0.25) is 0 Å². The minimum absolute atomic E-state index is 0.261. The third-order valence-corrected chi connectivity index (χ3v) is 5.19. The van der Waals surface area contributed by atoms with Crippen LogP contribution in [0.5, 0.6) is 0 Å². The highest BCUT2D eigenvalue weighted by molar-refractivity contribution is 7.13. The first-order valence-corrected chi connectivity index (χ1v) is 9.51. The number of hydrogen-bond donors (Lipinski definition) is 1. The van der Waals surface area contributed by atoms with Gasteiger partial charge in [-0.3, -0.25) is 14.8 Å². The van der Waals surface area contributed by atoms with E-state index in [-0.39, 0.29) is 5.91 Å². The van der Waals surface area contributed by atoms with Gasteiger partial charge in [0, 0.05) is 34.4 Å². The normalized spacial score (nSPS) is 10.7. The number of aryl methyl sites for hydroxylation is 1. The van der Waals surface area contributed by atoms with Crippen molar-refractivity contribution in [3.05, 3.63) is 64.3 Å². The lowest BCUT2D eigenvalue weighted by Gasteiger charge is -2.05. The molecule has 26 heavy (non-hydrogen) atoms. The molecule has 0 aliphatic heterocycles. The summed E-state index contributed by atoms with van der Waals surface area (Å²) >= 11 is 2.96. The molecule has 3 heterocycles. The first-order valence-electron chi connectivity index (χ1n) is 7.75. The maximum Gasteiger partial charge on any atom is 0.275 e. The minimum Gasteiger partial charge on any atom is -0.321 e. The van der Waals surface area contributed by atoms with Crippen LogP contribution in [0.3, 0.4) is 0 Å². The Morgan fingerprint density at radius 2 is 2.00 bits per heavy atom. The van der Waals surface area contributed by atoms with Crippen LogP contribution in [-0.2, 0) is 0 Å². The first-order chi connectivity index (χ1) is 12.7. The predicted octanol–water partition coefficient (Wildman–Crippen LogP) is 4.28. The van der Waals surface area contributed by atoms with E-state index in [9.17, 15) is 4.79 Å². The van der Waals surface area contributed by atoms with Crippen molar-refractivity contribution in [1.82, 2.24) is 19.9 Å². The topological polar surface area (TPSA) is 80.7 Å². The number of hydrogen-bond acceptors (Lipinski definition) is 7. The van der Waals surface area contributed by atoms with Gasteiger partial charge >= 0.3 is 0 Å². The van der Waals surface area contributed by atoms with Crippen molar-refractivity contribution in [2.24, 2.45) is 0 Å². The fourth-order valence-electron chi connectivity index (χ4n) is 2.35. The maximum atomic E-state index is 12.5. The zero-order valence-corrected chi connectivity index (χ0v) is 15.3. The Kier molecular flexibility index (Phi) is 4.51. The molecule has 1 N–H and O–H groups in total. The van der Waals surface area contributed by atoms with Gasteiger partial charge in [0.1, 0.15) is 16.4 Å². The second kappa shape index (κ2) is 7.11. The van der Waals surface area contributed by atoms with E-state index in [1.807, 2.05) is 36.6 Å². The summed E-state index contributed by atoms with van der Waals surface area (Å²) in [4.78, 5) is 29.5. The van der Waals surface area contributed by atoms with Crippen molar-refractivity contribution in [2.75, 3.05) is 5.32 Å². The van der Waals surface area contributed by atoms with E-state index in [0.717, 1.165) is 16.3 Å². The lowest BCUT2D eigenvalue weighted by atomic mass is 10.1. The van der Waals surface area contributed by atoms with E-state index >= 15 is 0 Å². The minimum atomic E-state index is -0.261. The highest BCUT2D eigenvalue weighted by atomic mass is 32.1. The molecule has 0 aliphatic carbocycles. The number of aromatic nitrogens is 4. The molecule has 6 nitrogen and oxygen atoms in total. The number of amides is 1. The highest BCUT2D eigenvalue weighted by Crippen LogP contribution is 2.25. The molecule has 4 rings (SSSR count). The number of thiazole rings is 2. The molecular weight excluding hydrogens is 366 g/mol. The standard InChI is InChI=1S/C18H13N5OS2/c1-11-21-15(9-25-11)12-3-2-4-13(7-12)22-17(24)16-10-26-18(23-16)14-8-19-5-6-20-14/h2-10H,1H3,(H,22,24). The molecule has 4 aromatic rings. The summed E-state index contributed by atoms with van der Waals surface area (Å²) in [5.41, 5.74) is 3.57. The summed E-state index contributed by atoms with van der Waals surface area (Å²) in [5.74, 6) is -0.261. The lowest BCUT2D eigenvalue weighted by molar-refractivity contribution is 0.102. The molecule has 0 fully saturated rings. The summed E-state index contributed by atoms with van der Waals surface area (Å²) in [7, 11) is 0. The van der Waals surface area contributed by atoms with Gasteiger partial charge in [-0.15, -0.1) is 22.7 Å². The van der Waals surface area contributed by atoms with E-state index in [1.165, 1.54) is 11.3 Å². The van der Waals surface area contributed by atoms with Crippen molar-refractivity contribution in [3.8, 4) is 22.0 Å². The van der Waals surface area contributed by atoms with Crippen LogP contribution in [0, 0.1) is 6.92 Å². The van der Waals surface area contributed by atoms with E-state index in [0.29, 0.717) is 22.1 Å². The maximum absolute atomic E-state index is 12.5. The molecule has 0 bridgehead atoms. The third-order valence-electron chi connectivity index (χ3n) is 3.55. The molecule has 0 atom stereocenters. The van der Waals surface area contributed by atoms with Crippen LogP contribution in [0.25, 0.3) is 22.0 Å². The smallest absolute Gasteiger partial charge is 0.275 e. The number of benzene rings is 1. The summed E-state index contributed by atoms with van der Waals surface area (Å²) < 4.78 is 0. The fourth-order valence-corrected chi connectivity index (χ4v) is 3.73. The van der Waals surface area contributed by atoms with Crippen molar-refractivity contribution < 1.29 is 4.79 Å². The van der Waals surface area contributed by atoms with E-state index in [1.54, 1.807) is 35.3 Å². The zero-order valence-electron chi connectivity index (χ0n) is 13.7. The van der Waals surface area contributed by atoms with Gasteiger partial charge in [-0.25, -0.2) is 9.97 Å². The average molecular weight is 379 g/mol. The summed E-state index contributed by atoms with van der Waals surface area (Å²) in [5, 5.41) is 8.27. The molecule has 128 valence electrons. The molecule has 1 aromatic carbocycles. The Bertz CT molecular complexity index is 1060. The lowest BCUT2D eigenvalue weighted by Crippen LogP contribution is -2.12. The quantitative estimate of drug-likeness (QED) is 0.572. The van der Waals surface area contributed by atoms with Gasteiger partial charge in [0.15, 0.2) is 0 Å². The SMILES string of the molecule is Cc1nc(-c2cccc(NC(=O)c3csc(-c4cnccn4)n3)c2)cs1. The monoisotopic (exact) mass is 379 g/mol. The average Bonchev–Trinajstić information content (AvgIpc) is 3.32. The van der Waals surface area contributed by atoms with Crippen molar-refractivity contribution >= 4 is 34.3 Å². The second-order valence-electron chi connectivity index (χ2n) is 5.42. The van der Waals surface area contributed by atoms with Crippen molar-refractivity contribution in [2.45, 2.75) is 6.92 Å². The van der Waals surface area contributed by atoms with Crippen LogP contribution in [0.2, 0.25) is 0 Å². The van der Waals surface area contributed by atoms with Crippen LogP contribution >= 0.6 is 22.7 Å². The molecule has 0 spiro atoms. The molecule has 8 heteroatoms. The Morgan fingerprint density at radius 1 is 1.08 bits per heavy atom. The first kappa shape index (κ1) is 16.5. The fraction of sp³-hybridized carbons (Fsp3) is 0.0556. The third kappa shape index (κ3) is 3.51. The largest absolute Gasteiger partial charge is 0.321 e. The van der Waals surface area contributed by atoms with Crippen LogP contribution in [0.15, 0.2) is 53.6 Å². The van der Waals surface area contributed by atoms with Gasteiger partial charge in [-0.05, 0) is 19.1 Å². The summed E-state index contributed by atoms with van der Waals surface area (Å²) in [6, 6.07) is 7.61. The number of nitrogens with zero attached hydrogens (tertiary/aromatic N) is 4. The molecule has 0 saturated carbocycles. The van der Waals surface area contributed by atoms with Gasteiger partial charge in [0.05, 0.1) is 16.9 Å². The Hall–Kier alpha value is -2.97. The van der Waals surface area contributed by atoms with Crippen molar-refractivity contribution in [3.63, 3.8) is 0 Å². The molecule has 0 radical (unpaired) electrons. The number of carbonyl (C=O) groups excluding carboxylic acids is 1. The molecular formula is C18H13N5OS2. The number of carbonyl (C=O) groups is 1. The van der Waals surface area contributed by atoms with Crippen LogP contribution in [0.1, 0.15) is 15.5 Å². The molecule has 3 aromatic heterocycles. The second-order valence-corrected chi connectivity index (χ2v) is 7.34. The van der Waals surface area contributed by atoms with Gasteiger partial charge in [-0.2, -0.15) is 0 Å². The van der Waals surface area contributed by atoms with Crippen LogP contribution in [0.4, 0.5) is 5.69 Å². The van der Waals surface area contributed by atoms with E-state index in [4.69, 9.17) is 0 Å². The predicted molar refractivity (Wildman–Crippen MR) is 103 cm³/mol. The van der Waals surface area contributed by atoms with Gasteiger partial charge in [0.25, 0.3) is 5.91 Å². The van der Waals surface area contributed by atoms with Gasteiger partial charge in [-0.1, -0.05) is 12.1 Å².